The van der Waals surface area contributed by atoms with Gasteiger partial charge in [0.15, 0.2) is 0 Å². The molecule has 2 rings (SSSR count). The standard InChI is InChI=1S/C12H13N3O/c1-9-11(8-13)12(15(2)14-9)16-10-6-4-3-5-7-10/h3-8,13H,1-2H3. The first kappa shape index (κ1) is 10.4. The Balaban J connectivity index is 2.38. The Morgan fingerprint density at radius 3 is 2.62 bits per heavy atom. The van der Waals surface area contributed by atoms with Crippen LogP contribution in [0.2, 0.25) is 0 Å². The summed E-state index contributed by atoms with van der Waals surface area (Å²) in [4.78, 5) is 0. The van der Waals surface area contributed by atoms with Crippen LogP contribution < -0.4 is 4.74 Å². The Kier molecular flexibility index (Phi) is 2.72. The summed E-state index contributed by atoms with van der Waals surface area (Å²) in [5.41, 5.74) is 1.51. The number of para-hydroxylation sites is 1. The van der Waals surface area contributed by atoms with Crippen molar-refractivity contribution in [3.63, 3.8) is 0 Å². The van der Waals surface area contributed by atoms with Crippen molar-refractivity contribution in [1.82, 2.24) is 9.78 Å². The van der Waals surface area contributed by atoms with E-state index in [1.54, 1.807) is 11.7 Å². The van der Waals surface area contributed by atoms with E-state index >= 15 is 0 Å². The lowest BCUT2D eigenvalue weighted by molar-refractivity contribution is 0.430. The fourth-order valence-corrected chi connectivity index (χ4v) is 1.54. The number of nitrogens with zero attached hydrogens (tertiary/aromatic N) is 2. The Hall–Kier alpha value is -2.10. The average Bonchev–Trinajstić information content (AvgIpc) is 2.55. The molecule has 0 bridgehead atoms. The Morgan fingerprint density at radius 2 is 2.00 bits per heavy atom. The SMILES string of the molecule is Cc1nn(C)c(Oc2ccccc2)c1C=N. The minimum atomic E-state index is 0.596. The van der Waals surface area contributed by atoms with E-state index < -0.39 is 0 Å². The highest BCUT2D eigenvalue weighted by atomic mass is 16.5. The average molecular weight is 215 g/mol. The van der Waals surface area contributed by atoms with Crippen LogP contribution in [0.1, 0.15) is 11.3 Å². The molecule has 1 N–H and O–H groups in total. The Bertz CT molecular complexity index is 502. The van der Waals surface area contributed by atoms with Gasteiger partial charge in [-0.15, -0.1) is 0 Å². The first-order valence-electron chi connectivity index (χ1n) is 4.99. The van der Waals surface area contributed by atoms with Crippen molar-refractivity contribution >= 4 is 6.21 Å². The molecule has 4 nitrogen and oxygen atoms in total. The quantitative estimate of drug-likeness (QED) is 0.800. The van der Waals surface area contributed by atoms with E-state index in [1.807, 2.05) is 37.3 Å². The molecule has 0 radical (unpaired) electrons. The van der Waals surface area contributed by atoms with Crippen molar-refractivity contribution in [3.8, 4) is 11.6 Å². The molecule has 0 aliphatic rings. The normalized spacial score (nSPS) is 10.1. The van der Waals surface area contributed by atoms with Crippen LogP contribution in [-0.2, 0) is 7.05 Å². The number of rotatable bonds is 3. The molecule has 1 aromatic heterocycles. The topological polar surface area (TPSA) is 50.9 Å². The molecule has 0 atom stereocenters. The molecule has 0 saturated carbocycles. The highest BCUT2D eigenvalue weighted by molar-refractivity contribution is 5.82. The van der Waals surface area contributed by atoms with Gasteiger partial charge in [-0.05, 0) is 19.1 Å². The molecular weight excluding hydrogens is 202 g/mol. The van der Waals surface area contributed by atoms with E-state index in [1.165, 1.54) is 6.21 Å². The number of benzene rings is 1. The molecule has 0 spiro atoms. The lowest BCUT2D eigenvalue weighted by Gasteiger charge is -2.06. The van der Waals surface area contributed by atoms with Gasteiger partial charge in [0, 0.05) is 13.3 Å². The van der Waals surface area contributed by atoms with Gasteiger partial charge in [-0.3, -0.25) is 0 Å². The van der Waals surface area contributed by atoms with E-state index in [2.05, 4.69) is 5.10 Å². The van der Waals surface area contributed by atoms with Crippen molar-refractivity contribution in [2.45, 2.75) is 6.92 Å². The molecule has 16 heavy (non-hydrogen) atoms. The number of ether oxygens (including phenoxy) is 1. The fraction of sp³-hybridized carbons (Fsp3) is 0.167. The van der Waals surface area contributed by atoms with Crippen LogP contribution >= 0.6 is 0 Å². The van der Waals surface area contributed by atoms with Crippen LogP contribution in [0.3, 0.4) is 0 Å². The fourth-order valence-electron chi connectivity index (χ4n) is 1.54. The van der Waals surface area contributed by atoms with Gasteiger partial charge in [-0.25, -0.2) is 4.68 Å². The molecular formula is C12H13N3O. The maximum atomic E-state index is 7.35. The van der Waals surface area contributed by atoms with Gasteiger partial charge in [0.1, 0.15) is 5.75 Å². The molecule has 82 valence electrons. The lowest BCUT2D eigenvalue weighted by atomic mass is 10.3. The smallest absolute Gasteiger partial charge is 0.226 e. The zero-order chi connectivity index (χ0) is 11.5. The first-order chi connectivity index (χ1) is 7.72. The summed E-state index contributed by atoms with van der Waals surface area (Å²) >= 11 is 0. The van der Waals surface area contributed by atoms with Crippen LogP contribution in [0.15, 0.2) is 30.3 Å². The van der Waals surface area contributed by atoms with E-state index in [-0.39, 0.29) is 0 Å². The van der Waals surface area contributed by atoms with Gasteiger partial charge in [-0.1, -0.05) is 18.2 Å². The van der Waals surface area contributed by atoms with Crippen LogP contribution in [-0.4, -0.2) is 16.0 Å². The predicted molar refractivity (Wildman–Crippen MR) is 62.3 cm³/mol. The largest absolute Gasteiger partial charge is 0.439 e. The zero-order valence-corrected chi connectivity index (χ0v) is 9.27. The molecule has 0 amide bonds. The summed E-state index contributed by atoms with van der Waals surface area (Å²) in [7, 11) is 1.80. The van der Waals surface area contributed by atoms with Crippen molar-refractivity contribution in [2.75, 3.05) is 0 Å². The van der Waals surface area contributed by atoms with Crippen molar-refractivity contribution in [2.24, 2.45) is 7.05 Å². The molecule has 0 saturated heterocycles. The summed E-state index contributed by atoms with van der Waals surface area (Å²) in [6.45, 7) is 1.86. The summed E-state index contributed by atoms with van der Waals surface area (Å²) < 4.78 is 7.34. The number of aryl methyl sites for hydroxylation is 2. The lowest BCUT2D eigenvalue weighted by Crippen LogP contribution is -1.96. The molecule has 0 aliphatic heterocycles. The van der Waals surface area contributed by atoms with Gasteiger partial charge < -0.3 is 10.1 Å². The molecule has 1 heterocycles. The predicted octanol–water partition coefficient (Wildman–Crippen LogP) is 2.52. The summed E-state index contributed by atoms with van der Waals surface area (Å²) in [5, 5.41) is 11.6. The Morgan fingerprint density at radius 1 is 1.31 bits per heavy atom. The van der Waals surface area contributed by atoms with E-state index in [0.29, 0.717) is 11.4 Å². The molecule has 2 aromatic rings. The maximum Gasteiger partial charge on any atom is 0.226 e. The second-order valence-corrected chi connectivity index (χ2v) is 3.49. The minimum absolute atomic E-state index is 0.596. The van der Waals surface area contributed by atoms with Crippen molar-refractivity contribution < 1.29 is 4.74 Å². The number of hydrogen-bond donors (Lipinski definition) is 1. The van der Waals surface area contributed by atoms with Gasteiger partial charge in [0.25, 0.3) is 0 Å². The third kappa shape index (κ3) is 1.82. The zero-order valence-electron chi connectivity index (χ0n) is 9.27. The maximum absolute atomic E-state index is 7.35. The van der Waals surface area contributed by atoms with Crippen LogP contribution in [0, 0.1) is 12.3 Å². The highest BCUT2D eigenvalue weighted by Gasteiger charge is 2.12. The second kappa shape index (κ2) is 4.18. The minimum Gasteiger partial charge on any atom is -0.439 e. The first-order valence-corrected chi connectivity index (χ1v) is 4.99. The van der Waals surface area contributed by atoms with Crippen molar-refractivity contribution in [3.05, 3.63) is 41.6 Å². The Labute approximate surface area is 94.0 Å². The highest BCUT2D eigenvalue weighted by Crippen LogP contribution is 2.25. The molecule has 0 unspecified atom stereocenters. The van der Waals surface area contributed by atoms with Crippen molar-refractivity contribution in [1.29, 1.82) is 5.41 Å². The number of nitrogens with one attached hydrogen (secondary N) is 1. The molecule has 0 fully saturated rings. The van der Waals surface area contributed by atoms with Gasteiger partial charge in [0.2, 0.25) is 5.88 Å². The number of hydrogen-bond acceptors (Lipinski definition) is 3. The molecule has 4 heteroatoms. The second-order valence-electron chi connectivity index (χ2n) is 3.49. The van der Waals surface area contributed by atoms with Gasteiger partial charge >= 0.3 is 0 Å². The summed E-state index contributed by atoms with van der Waals surface area (Å²) in [6.07, 6.45) is 1.26. The van der Waals surface area contributed by atoms with Gasteiger partial charge in [0.05, 0.1) is 11.3 Å². The number of aromatic nitrogens is 2. The third-order valence-corrected chi connectivity index (χ3v) is 2.32. The molecule has 0 aliphatic carbocycles. The third-order valence-electron chi connectivity index (χ3n) is 2.32. The van der Waals surface area contributed by atoms with E-state index in [4.69, 9.17) is 10.1 Å². The monoisotopic (exact) mass is 215 g/mol. The van der Waals surface area contributed by atoms with Crippen LogP contribution in [0.5, 0.6) is 11.6 Å². The van der Waals surface area contributed by atoms with E-state index in [0.717, 1.165) is 11.4 Å². The van der Waals surface area contributed by atoms with Gasteiger partial charge in [-0.2, -0.15) is 5.10 Å². The van der Waals surface area contributed by atoms with Crippen LogP contribution in [0.4, 0.5) is 0 Å². The van der Waals surface area contributed by atoms with E-state index in [9.17, 15) is 0 Å². The van der Waals surface area contributed by atoms with Crippen LogP contribution in [0.25, 0.3) is 0 Å². The summed E-state index contributed by atoms with van der Waals surface area (Å²) in [5.74, 6) is 1.34. The summed E-state index contributed by atoms with van der Waals surface area (Å²) in [6, 6.07) is 9.48. The molecule has 1 aromatic carbocycles.